The second-order valence-corrected chi connectivity index (χ2v) is 7.17. The summed E-state index contributed by atoms with van der Waals surface area (Å²) < 4.78 is 0. The Hall–Kier alpha value is -1.46. The Balaban J connectivity index is 1.73. The van der Waals surface area contributed by atoms with Crippen molar-refractivity contribution in [3.05, 3.63) is 52.2 Å². The van der Waals surface area contributed by atoms with Crippen molar-refractivity contribution in [1.82, 2.24) is 4.90 Å². The number of thioether (sulfide) groups is 1. The number of rotatable bonds is 2. The molecule has 104 valence electrons. The van der Waals surface area contributed by atoms with E-state index in [0.717, 1.165) is 18.0 Å². The average molecular weight is 304 g/mol. The van der Waals surface area contributed by atoms with Crippen LogP contribution in [0, 0.1) is 6.92 Å². The number of carbonyl (C=O) groups is 1. The molecule has 0 saturated carbocycles. The standard InChI is InChI=1S/C15H16N2OS2/c1-11-7-8-13(20-11)14-17(9-10-19-14)15(18)16-12-5-3-2-4-6-12/h2-8,14H,9-10H2,1H3,(H,16,18)/t14-/m0/s1. The Morgan fingerprint density at radius 1 is 1.25 bits per heavy atom. The average Bonchev–Trinajstić information content (AvgIpc) is 3.08. The molecule has 1 aromatic heterocycles. The fraction of sp³-hybridized carbons (Fsp3) is 0.267. The van der Waals surface area contributed by atoms with Gasteiger partial charge in [0.05, 0.1) is 0 Å². The molecule has 1 aliphatic heterocycles. The van der Waals surface area contributed by atoms with E-state index >= 15 is 0 Å². The van der Waals surface area contributed by atoms with Crippen LogP contribution in [0.15, 0.2) is 42.5 Å². The smallest absolute Gasteiger partial charge is 0.308 e. The first-order valence-corrected chi connectivity index (χ1v) is 8.41. The van der Waals surface area contributed by atoms with E-state index in [2.05, 4.69) is 24.4 Å². The molecule has 1 aromatic carbocycles. The molecule has 0 bridgehead atoms. The van der Waals surface area contributed by atoms with Gasteiger partial charge in [-0.25, -0.2) is 4.79 Å². The van der Waals surface area contributed by atoms with Crippen molar-refractivity contribution in [2.75, 3.05) is 17.6 Å². The van der Waals surface area contributed by atoms with Gasteiger partial charge in [0.2, 0.25) is 0 Å². The van der Waals surface area contributed by atoms with Gasteiger partial charge >= 0.3 is 6.03 Å². The summed E-state index contributed by atoms with van der Waals surface area (Å²) in [6.45, 7) is 2.90. The summed E-state index contributed by atoms with van der Waals surface area (Å²) in [4.78, 5) is 16.9. The highest BCUT2D eigenvalue weighted by Gasteiger charge is 2.31. The molecule has 0 aliphatic carbocycles. The zero-order valence-electron chi connectivity index (χ0n) is 11.2. The number of hydrogen-bond donors (Lipinski definition) is 1. The van der Waals surface area contributed by atoms with Crippen molar-refractivity contribution in [2.24, 2.45) is 0 Å². The van der Waals surface area contributed by atoms with Gasteiger partial charge in [0.1, 0.15) is 5.37 Å². The van der Waals surface area contributed by atoms with E-state index in [0.29, 0.717) is 0 Å². The zero-order chi connectivity index (χ0) is 13.9. The van der Waals surface area contributed by atoms with Crippen molar-refractivity contribution in [3.63, 3.8) is 0 Å². The molecule has 3 nitrogen and oxygen atoms in total. The minimum Gasteiger partial charge on any atom is -0.308 e. The molecule has 2 aromatic rings. The van der Waals surface area contributed by atoms with Gasteiger partial charge in [-0.2, -0.15) is 0 Å². The van der Waals surface area contributed by atoms with Gasteiger partial charge in [-0.05, 0) is 31.2 Å². The molecule has 2 heterocycles. The van der Waals surface area contributed by atoms with Gasteiger partial charge in [-0.15, -0.1) is 23.1 Å². The third-order valence-electron chi connectivity index (χ3n) is 3.18. The molecule has 3 rings (SSSR count). The van der Waals surface area contributed by atoms with E-state index in [1.165, 1.54) is 9.75 Å². The van der Waals surface area contributed by atoms with Crippen molar-refractivity contribution >= 4 is 34.8 Å². The van der Waals surface area contributed by atoms with Gasteiger partial charge in [-0.1, -0.05) is 18.2 Å². The van der Waals surface area contributed by atoms with Crippen molar-refractivity contribution in [3.8, 4) is 0 Å². The van der Waals surface area contributed by atoms with E-state index < -0.39 is 0 Å². The number of nitrogens with zero attached hydrogens (tertiary/aromatic N) is 1. The second kappa shape index (κ2) is 5.89. The van der Waals surface area contributed by atoms with Gasteiger partial charge in [0.15, 0.2) is 0 Å². The number of amides is 2. The highest BCUT2D eigenvalue weighted by atomic mass is 32.2. The molecule has 20 heavy (non-hydrogen) atoms. The molecule has 1 N–H and O–H groups in total. The largest absolute Gasteiger partial charge is 0.323 e. The van der Waals surface area contributed by atoms with E-state index in [-0.39, 0.29) is 11.4 Å². The number of hydrogen-bond acceptors (Lipinski definition) is 3. The van der Waals surface area contributed by atoms with Crippen molar-refractivity contribution < 1.29 is 4.79 Å². The Kier molecular flexibility index (Phi) is 3.98. The maximum atomic E-state index is 12.4. The second-order valence-electron chi connectivity index (χ2n) is 4.66. The third kappa shape index (κ3) is 2.83. The number of para-hydroxylation sites is 1. The molecule has 0 spiro atoms. The van der Waals surface area contributed by atoms with Crippen LogP contribution in [-0.4, -0.2) is 23.2 Å². The lowest BCUT2D eigenvalue weighted by atomic mass is 10.3. The molecule has 1 saturated heterocycles. The highest BCUT2D eigenvalue weighted by molar-refractivity contribution is 7.99. The van der Waals surface area contributed by atoms with Crippen LogP contribution >= 0.6 is 23.1 Å². The van der Waals surface area contributed by atoms with Crippen LogP contribution in [0.2, 0.25) is 0 Å². The van der Waals surface area contributed by atoms with Crippen molar-refractivity contribution in [2.45, 2.75) is 12.3 Å². The van der Waals surface area contributed by atoms with Crippen LogP contribution < -0.4 is 5.32 Å². The number of carbonyl (C=O) groups excluding carboxylic acids is 1. The molecule has 5 heteroatoms. The highest BCUT2D eigenvalue weighted by Crippen LogP contribution is 2.41. The van der Waals surface area contributed by atoms with Gasteiger partial charge in [-0.3, -0.25) is 0 Å². The fourth-order valence-electron chi connectivity index (χ4n) is 2.22. The minimum atomic E-state index is -0.0164. The summed E-state index contributed by atoms with van der Waals surface area (Å²) in [5.41, 5.74) is 0.843. The van der Waals surface area contributed by atoms with Gasteiger partial charge in [0.25, 0.3) is 0 Å². The predicted molar refractivity (Wildman–Crippen MR) is 86.4 cm³/mol. The first-order chi connectivity index (χ1) is 9.74. The monoisotopic (exact) mass is 304 g/mol. The lowest BCUT2D eigenvalue weighted by Gasteiger charge is -2.23. The quantitative estimate of drug-likeness (QED) is 0.895. The summed E-state index contributed by atoms with van der Waals surface area (Å²) in [6.07, 6.45) is 0. The van der Waals surface area contributed by atoms with E-state index in [1.54, 1.807) is 11.3 Å². The number of thiophene rings is 1. The van der Waals surface area contributed by atoms with Crippen LogP contribution in [0.3, 0.4) is 0 Å². The number of anilines is 1. The molecule has 2 amide bonds. The Labute approximate surface area is 127 Å². The van der Waals surface area contributed by atoms with Crippen molar-refractivity contribution in [1.29, 1.82) is 0 Å². The number of nitrogens with one attached hydrogen (secondary N) is 1. The van der Waals surface area contributed by atoms with Crippen LogP contribution in [0.1, 0.15) is 15.1 Å². The topological polar surface area (TPSA) is 32.3 Å². The van der Waals surface area contributed by atoms with Crippen LogP contribution in [-0.2, 0) is 0 Å². The van der Waals surface area contributed by atoms with Crippen LogP contribution in [0.25, 0.3) is 0 Å². The lowest BCUT2D eigenvalue weighted by Crippen LogP contribution is -2.34. The maximum Gasteiger partial charge on any atom is 0.323 e. The number of benzene rings is 1. The first-order valence-electron chi connectivity index (χ1n) is 6.54. The summed E-state index contributed by atoms with van der Waals surface area (Å²) in [5, 5.41) is 3.12. The van der Waals surface area contributed by atoms with E-state index in [9.17, 15) is 4.79 Å². The summed E-state index contributed by atoms with van der Waals surface area (Å²) in [6, 6.07) is 13.8. The van der Waals surface area contributed by atoms with Crippen LogP contribution in [0.5, 0.6) is 0 Å². The molecular formula is C15H16N2OS2. The van der Waals surface area contributed by atoms with E-state index in [4.69, 9.17) is 0 Å². The number of urea groups is 1. The van der Waals surface area contributed by atoms with Gasteiger partial charge in [0, 0.05) is 27.7 Å². The van der Waals surface area contributed by atoms with E-state index in [1.807, 2.05) is 47.0 Å². The SMILES string of the molecule is Cc1ccc([C@@H]2SCCN2C(=O)Nc2ccccc2)s1. The first kappa shape index (κ1) is 13.5. The molecule has 1 fully saturated rings. The Morgan fingerprint density at radius 2 is 2.05 bits per heavy atom. The maximum absolute atomic E-state index is 12.4. The molecule has 0 radical (unpaired) electrons. The van der Waals surface area contributed by atoms with Crippen LogP contribution in [0.4, 0.5) is 10.5 Å². The summed E-state index contributed by atoms with van der Waals surface area (Å²) in [5.74, 6) is 0.990. The normalized spacial score (nSPS) is 18.2. The molecular weight excluding hydrogens is 288 g/mol. The Morgan fingerprint density at radius 3 is 2.75 bits per heavy atom. The molecule has 0 unspecified atom stereocenters. The lowest BCUT2D eigenvalue weighted by molar-refractivity contribution is 0.215. The Bertz CT molecular complexity index is 597. The minimum absolute atomic E-state index is 0.0164. The molecule has 1 aliphatic rings. The predicted octanol–water partition coefficient (Wildman–Crippen LogP) is 4.34. The fourth-order valence-corrected chi connectivity index (χ4v) is 4.59. The summed E-state index contributed by atoms with van der Waals surface area (Å²) >= 11 is 3.60. The third-order valence-corrected chi connectivity index (χ3v) is 5.63. The number of aryl methyl sites for hydroxylation is 1. The zero-order valence-corrected chi connectivity index (χ0v) is 12.8. The summed E-state index contributed by atoms with van der Waals surface area (Å²) in [7, 11) is 0. The van der Waals surface area contributed by atoms with Gasteiger partial charge < -0.3 is 10.2 Å². The molecule has 1 atom stereocenters.